The summed E-state index contributed by atoms with van der Waals surface area (Å²) < 4.78 is 0. The van der Waals surface area contributed by atoms with Gasteiger partial charge in [-0.2, -0.15) is 0 Å². The molecule has 0 aromatic carbocycles. The summed E-state index contributed by atoms with van der Waals surface area (Å²) in [5.74, 6) is -0.178. The van der Waals surface area contributed by atoms with E-state index < -0.39 is 9.87 Å². The Balaban J connectivity index is 2.44. The summed E-state index contributed by atoms with van der Waals surface area (Å²) in [5.41, 5.74) is 0. The van der Waals surface area contributed by atoms with E-state index in [2.05, 4.69) is 0 Å². The van der Waals surface area contributed by atoms with Gasteiger partial charge in [-0.15, -0.1) is 0 Å². The summed E-state index contributed by atoms with van der Waals surface area (Å²) >= 11 is 0.918. The average Bonchev–Trinajstić information content (AvgIpc) is 2.38. The number of hydrogen-bond acceptors (Lipinski definition) is 4. The van der Waals surface area contributed by atoms with E-state index in [9.17, 15) is 10.2 Å². The lowest BCUT2D eigenvalue weighted by Crippen LogP contribution is -2.27. The lowest BCUT2D eigenvalue weighted by Gasteiger charge is -2.11. The maximum atomic E-state index is 9.32. The molecule has 1 aliphatic heterocycles. The van der Waals surface area contributed by atoms with Gasteiger partial charge in [0.05, 0.1) is 0 Å². The topological polar surface area (TPSA) is 60.7 Å². The Kier molecular flexibility index (Phi) is 0.888. The Morgan fingerprint density at radius 3 is 2.60 bits per heavy atom. The maximum Gasteiger partial charge on any atom is 0.213 e. The lowest BCUT2D eigenvalue weighted by molar-refractivity contribution is 0.0431. The number of hydrogen-bond donors (Lipinski definition) is 3. The van der Waals surface area contributed by atoms with Crippen LogP contribution >= 0.6 is 11.8 Å². The minimum Gasteiger partial charge on any atom is -0.508 e. The predicted octanol–water partition coefficient (Wildman–Crippen LogP) is 0.122. The highest BCUT2D eigenvalue weighted by molar-refractivity contribution is 8.09. The molecule has 1 aliphatic carbocycles. The van der Waals surface area contributed by atoms with Gasteiger partial charge in [-0.3, -0.25) is 0 Å². The van der Waals surface area contributed by atoms with Crippen molar-refractivity contribution in [2.75, 3.05) is 0 Å². The molecule has 0 bridgehead atoms. The van der Waals surface area contributed by atoms with E-state index in [-0.39, 0.29) is 5.76 Å². The summed E-state index contributed by atoms with van der Waals surface area (Å²) in [7, 11) is 0. The summed E-state index contributed by atoms with van der Waals surface area (Å²) in [6, 6.07) is 0. The van der Waals surface area contributed by atoms with E-state index in [0.29, 0.717) is 0 Å². The fourth-order valence-electron chi connectivity index (χ4n) is 0.965. The minimum atomic E-state index is -1.46. The largest absolute Gasteiger partial charge is 0.508 e. The van der Waals surface area contributed by atoms with Gasteiger partial charge in [0.15, 0.2) is 4.93 Å². The molecule has 4 heteroatoms. The van der Waals surface area contributed by atoms with Crippen LogP contribution in [0.5, 0.6) is 0 Å². The van der Waals surface area contributed by atoms with Gasteiger partial charge in [-0.25, -0.2) is 0 Å². The molecular weight excluding hydrogens is 152 g/mol. The molecular formula is C6H6O3S. The zero-order valence-electron chi connectivity index (χ0n) is 4.98. The molecule has 0 radical (unpaired) electrons. The normalized spacial score (nSPS) is 50.0. The number of allylic oxidation sites excluding steroid dienone is 2. The van der Waals surface area contributed by atoms with Gasteiger partial charge >= 0.3 is 0 Å². The van der Waals surface area contributed by atoms with E-state index in [0.717, 1.165) is 11.8 Å². The average molecular weight is 158 g/mol. The molecule has 1 fully saturated rings. The first kappa shape index (κ1) is 6.27. The van der Waals surface area contributed by atoms with Gasteiger partial charge in [0.2, 0.25) is 4.93 Å². The van der Waals surface area contributed by atoms with Gasteiger partial charge in [0, 0.05) is 0 Å². The Bertz CT molecular complexity index is 247. The number of aliphatic hydroxyl groups is 3. The molecule has 0 saturated carbocycles. The van der Waals surface area contributed by atoms with Crippen molar-refractivity contribution in [3.05, 3.63) is 24.0 Å². The van der Waals surface area contributed by atoms with Crippen molar-refractivity contribution < 1.29 is 15.3 Å². The van der Waals surface area contributed by atoms with E-state index >= 15 is 0 Å². The molecule has 54 valence electrons. The first-order valence-corrected chi connectivity index (χ1v) is 3.64. The molecule has 0 amide bonds. The molecule has 2 rings (SSSR count). The van der Waals surface area contributed by atoms with E-state index in [1.165, 1.54) is 18.2 Å². The Morgan fingerprint density at radius 1 is 1.40 bits per heavy atom. The van der Waals surface area contributed by atoms with Gasteiger partial charge in [0.1, 0.15) is 5.76 Å². The van der Waals surface area contributed by atoms with Crippen LogP contribution in [0.3, 0.4) is 0 Å². The predicted molar refractivity (Wildman–Crippen MR) is 37.3 cm³/mol. The number of fused-ring (bicyclic) bond motifs is 1. The third-order valence-electron chi connectivity index (χ3n) is 1.67. The van der Waals surface area contributed by atoms with Crippen molar-refractivity contribution in [1.29, 1.82) is 0 Å². The quantitative estimate of drug-likeness (QED) is 0.438. The second-order valence-electron chi connectivity index (χ2n) is 2.35. The van der Waals surface area contributed by atoms with Crippen molar-refractivity contribution in [2.45, 2.75) is 9.87 Å². The van der Waals surface area contributed by atoms with Crippen LogP contribution in [0.4, 0.5) is 0 Å². The molecule has 1 heterocycles. The van der Waals surface area contributed by atoms with Crippen LogP contribution in [-0.2, 0) is 0 Å². The first-order chi connectivity index (χ1) is 4.58. The molecule has 1 saturated heterocycles. The summed E-state index contributed by atoms with van der Waals surface area (Å²) in [6.07, 6.45) is 4.34. The van der Waals surface area contributed by atoms with Gasteiger partial charge < -0.3 is 15.3 Å². The van der Waals surface area contributed by atoms with Crippen LogP contribution in [0, 0.1) is 0 Å². The molecule has 0 aromatic heterocycles. The van der Waals surface area contributed by atoms with Gasteiger partial charge in [-0.1, -0.05) is 17.8 Å². The van der Waals surface area contributed by atoms with Crippen molar-refractivity contribution in [1.82, 2.24) is 0 Å². The molecule has 0 spiro atoms. The summed E-state index contributed by atoms with van der Waals surface area (Å²) in [4.78, 5) is -2.73. The van der Waals surface area contributed by atoms with Gasteiger partial charge in [0.25, 0.3) is 0 Å². The van der Waals surface area contributed by atoms with E-state index in [1.807, 2.05) is 0 Å². The third-order valence-corrected chi connectivity index (χ3v) is 3.02. The highest BCUT2D eigenvalue weighted by Gasteiger charge is 2.71. The molecule has 2 unspecified atom stereocenters. The second-order valence-corrected chi connectivity index (χ2v) is 3.77. The number of rotatable bonds is 0. The molecule has 3 N–H and O–H groups in total. The number of aliphatic hydroxyl groups excluding tert-OH is 1. The molecule has 10 heavy (non-hydrogen) atoms. The lowest BCUT2D eigenvalue weighted by atomic mass is 10.1. The maximum absolute atomic E-state index is 9.32. The van der Waals surface area contributed by atoms with Crippen molar-refractivity contribution >= 4 is 11.8 Å². The molecule has 2 aliphatic rings. The van der Waals surface area contributed by atoms with E-state index in [4.69, 9.17) is 5.11 Å². The summed E-state index contributed by atoms with van der Waals surface area (Å²) in [6.45, 7) is 0. The monoisotopic (exact) mass is 158 g/mol. The van der Waals surface area contributed by atoms with Crippen LogP contribution in [0.1, 0.15) is 0 Å². The van der Waals surface area contributed by atoms with Crippen LogP contribution in [0.2, 0.25) is 0 Å². The molecule has 3 nitrogen and oxygen atoms in total. The summed E-state index contributed by atoms with van der Waals surface area (Å²) in [5, 5.41) is 27.6. The van der Waals surface area contributed by atoms with Crippen LogP contribution < -0.4 is 0 Å². The third kappa shape index (κ3) is 0.496. The first-order valence-electron chi connectivity index (χ1n) is 2.82. The number of thioether (sulfide) groups is 1. The molecule has 2 atom stereocenters. The van der Waals surface area contributed by atoms with Crippen molar-refractivity contribution in [2.24, 2.45) is 0 Å². The highest BCUT2D eigenvalue weighted by Crippen LogP contribution is 2.65. The Hall–Kier alpha value is -0.450. The van der Waals surface area contributed by atoms with Crippen LogP contribution in [-0.4, -0.2) is 25.2 Å². The van der Waals surface area contributed by atoms with Crippen LogP contribution in [0.15, 0.2) is 24.0 Å². The second kappa shape index (κ2) is 1.42. The highest BCUT2D eigenvalue weighted by atomic mass is 32.2. The fourth-order valence-corrected chi connectivity index (χ4v) is 1.86. The minimum absolute atomic E-state index is 0.178. The zero-order chi connectivity index (χ0) is 7.41. The smallest absolute Gasteiger partial charge is 0.213 e. The van der Waals surface area contributed by atoms with Gasteiger partial charge in [-0.05, 0) is 12.2 Å². The fraction of sp³-hybridized carbons (Fsp3) is 0.333. The van der Waals surface area contributed by atoms with Crippen molar-refractivity contribution in [3.8, 4) is 0 Å². The van der Waals surface area contributed by atoms with Crippen LogP contribution in [0.25, 0.3) is 0 Å². The van der Waals surface area contributed by atoms with E-state index in [1.54, 1.807) is 0 Å². The zero-order valence-corrected chi connectivity index (χ0v) is 5.80. The molecule has 0 aromatic rings. The Morgan fingerprint density at radius 2 is 2.10 bits per heavy atom. The standard InChI is InChI=1S/C6H6O3S/c7-4-2-1-3-5(8)6(4,9)10-5/h1-3,7-9H. The Labute approximate surface area is 61.7 Å². The SMILES string of the molecule is OC1=CC=CC2(O)SC12O. The van der Waals surface area contributed by atoms with Crippen molar-refractivity contribution in [3.63, 3.8) is 0 Å².